The van der Waals surface area contributed by atoms with E-state index in [4.69, 9.17) is 0 Å². The van der Waals surface area contributed by atoms with E-state index in [2.05, 4.69) is 15.0 Å². The second kappa shape index (κ2) is 6.57. The minimum Gasteiger partial charge on any atom is -0.349 e. The Hall–Kier alpha value is -2.67. The molecule has 1 saturated carbocycles. The van der Waals surface area contributed by atoms with Crippen molar-refractivity contribution < 1.29 is 13.2 Å². The highest BCUT2D eigenvalue weighted by Crippen LogP contribution is 2.26. The third-order valence-corrected chi connectivity index (χ3v) is 6.07. The van der Waals surface area contributed by atoms with Gasteiger partial charge in [-0.15, -0.1) is 4.40 Å². The maximum Gasteiger partial charge on any atom is 0.285 e. The van der Waals surface area contributed by atoms with Crippen molar-refractivity contribution >= 4 is 27.5 Å². The van der Waals surface area contributed by atoms with Crippen LogP contribution in [0.5, 0.6) is 0 Å². The summed E-state index contributed by atoms with van der Waals surface area (Å²) in [6, 6.07) is 13.9. The van der Waals surface area contributed by atoms with E-state index >= 15 is 0 Å². The number of amides is 1. The zero-order valence-electron chi connectivity index (χ0n) is 14.1. The molecule has 6 nitrogen and oxygen atoms in total. The van der Waals surface area contributed by atoms with E-state index in [1.165, 1.54) is 12.8 Å². The predicted octanol–water partition coefficient (Wildman–Crippen LogP) is 2.92. The molecule has 1 aliphatic heterocycles. The molecule has 2 aliphatic rings. The van der Waals surface area contributed by atoms with Crippen molar-refractivity contribution in [3.63, 3.8) is 0 Å². The summed E-state index contributed by atoms with van der Waals surface area (Å²) in [5.74, 6) is 0.221. The molecule has 0 saturated heterocycles. The van der Waals surface area contributed by atoms with E-state index in [1.54, 1.807) is 48.5 Å². The van der Waals surface area contributed by atoms with Gasteiger partial charge in [-0.1, -0.05) is 25.0 Å². The summed E-state index contributed by atoms with van der Waals surface area (Å²) >= 11 is 0. The van der Waals surface area contributed by atoms with Crippen molar-refractivity contribution in [2.24, 2.45) is 4.40 Å². The van der Waals surface area contributed by atoms with Gasteiger partial charge in [0.1, 0.15) is 4.90 Å². The second-order valence-corrected chi connectivity index (χ2v) is 8.14. The Morgan fingerprint density at radius 1 is 1.00 bits per heavy atom. The van der Waals surface area contributed by atoms with Crippen molar-refractivity contribution in [2.45, 2.75) is 36.6 Å². The quantitative estimate of drug-likeness (QED) is 0.871. The molecule has 0 spiro atoms. The molecule has 4 rings (SSSR count). The van der Waals surface area contributed by atoms with Crippen LogP contribution in [0.1, 0.15) is 41.6 Å². The molecule has 1 aliphatic carbocycles. The van der Waals surface area contributed by atoms with Crippen LogP contribution in [0.15, 0.2) is 57.8 Å². The number of hydrogen-bond donors (Lipinski definition) is 2. The van der Waals surface area contributed by atoms with Gasteiger partial charge >= 0.3 is 0 Å². The molecule has 2 aromatic carbocycles. The number of fused-ring (bicyclic) bond motifs is 1. The van der Waals surface area contributed by atoms with Crippen LogP contribution >= 0.6 is 0 Å². The van der Waals surface area contributed by atoms with E-state index in [9.17, 15) is 13.2 Å². The predicted molar refractivity (Wildman–Crippen MR) is 100.0 cm³/mol. The van der Waals surface area contributed by atoms with Crippen LogP contribution in [0.3, 0.4) is 0 Å². The van der Waals surface area contributed by atoms with Gasteiger partial charge in [0.25, 0.3) is 15.9 Å². The average molecular weight is 369 g/mol. The molecule has 0 radical (unpaired) electrons. The first-order valence-electron chi connectivity index (χ1n) is 8.65. The largest absolute Gasteiger partial charge is 0.349 e. The summed E-state index contributed by atoms with van der Waals surface area (Å²) in [6.45, 7) is 0. The fourth-order valence-corrected chi connectivity index (χ4v) is 4.55. The third kappa shape index (κ3) is 3.22. The standard InChI is InChI=1S/C19H19N3O3S/c23-19(21-14-5-1-2-6-14)13-9-11-15(12-10-13)20-18-16-7-3-4-8-17(16)26(24,25)22-18/h3-4,7-12,14H,1-2,5-6H2,(H,20,22)(H,21,23). The highest BCUT2D eigenvalue weighted by atomic mass is 32.2. The van der Waals surface area contributed by atoms with E-state index < -0.39 is 10.0 Å². The summed E-state index contributed by atoms with van der Waals surface area (Å²) in [5, 5.41) is 6.08. The second-order valence-electron chi connectivity index (χ2n) is 6.57. The molecule has 0 bridgehead atoms. The highest BCUT2D eigenvalue weighted by Gasteiger charge is 2.28. The lowest BCUT2D eigenvalue weighted by atomic mass is 10.1. The van der Waals surface area contributed by atoms with Crippen LogP contribution in [0.2, 0.25) is 0 Å². The van der Waals surface area contributed by atoms with Crippen molar-refractivity contribution in [3.8, 4) is 0 Å². The minimum atomic E-state index is -3.65. The number of amidine groups is 1. The third-order valence-electron chi connectivity index (χ3n) is 4.73. The van der Waals surface area contributed by atoms with E-state index in [0.29, 0.717) is 22.6 Å². The fourth-order valence-electron chi connectivity index (χ4n) is 3.38. The lowest BCUT2D eigenvalue weighted by molar-refractivity contribution is 0.0938. The molecule has 1 amide bonds. The van der Waals surface area contributed by atoms with Crippen LogP contribution in [0, 0.1) is 0 Å². The minimum absolute atomic E-state index is 0.0745. The van der Waals surface area contributed by atoms with Gasteiger partial charge in [-0.05, 0) is 49.2 Å². The molecule has 26 heavy (non-hydrogen) atoms. The zero-order chi connectivity index (χ0) is 18.1. The number of benzene rings is 2. The SMILES string of the molecule is O=C(NC1CCCC1)c1ccc(NC2=NS(=O)(=O)c3ccccc32)cc1. The van der Waals surface area contributed by atoms with Crippen LogP contribution in [0.25, 0.3) is 0 Å². The number of anilines is 1. The van der Waals surface area contributed by atoms with Gasteiger partial charge in [0.05, 0.1) is 0 Å². The van der Waals surface area contributed by atoms with Crippen molar-refractivity contribution in [1.29, 1.82) is 0 Å². The van der Waals surface area contributed by atoms with E-state index in [1.807, 2.05) is 0 Å². The molecule has 2 N–H and O–H groups in total. The molecular formula is C19H19N3O3S. The summed E-state index contributed by atoms with van der Waals surface area (Å²) in [4.78, 5) is 12.5. The van der Waals surface area contributed by atoms with Gasteiger partial charge in [0.15, 0.2) is 5.84 Å². The Morgan fingerprint density at radius 3 is 2.42 bits per heavy atom. The molecule has 1 fully saturated rings. The Labute approximate surface area is 152 Å². The lowest BCUT2D eigenvalue weighted by Gasteiger charge is -2.12. The van der Waals surface area contributed by atoms with Crippen molar-refractivity contribution in [3.05, 3.63) is 59.7 Å². The molecule has 1 heterocycles. The van der Waals surface area contributed by atoms with Gasteiger partial charge in [-0.25, -0.2) is 0 Å². The van der Waals surface area contributed by atoms with Gasteiger partial charge in [0.2, 0.25) is 0 Å². The maximum atomic E-state index is 12.3. The van der Waals surface area contributed by atoms with Crippen LogP contribution in [0.4, 0.5) is 5.69 Å². The molecule has 0 atom stereocenters. The first-order valence-corrected chi connectivity index (χ1v) is 10.1. The number of nitrogens with zero attached hydrogens (tertiary/aromatic N) is 1. The number of sulfonamides is 1. The summed E-state index contributed by atoms with van der Waals surface area (Å²) in [6.07, 6.45) is 4.42. The number of rotatable bonds is 3. The van der Waals surface area contributed by atoms with Gasteiger partial charge in [-0.3, -0.25) is 4.79 Å². The first kappa shape index (κ1) is 16.8. The number of carbonyl (C=O) groups excluding carboxylic acids is 1. The van der Waals surface area contributed by atoms with Crippen LogP contribution < -0.4 is 10.6 Å². The first-order chi connectivity index (χ1) is 12.5. The summed E-state index contributed by atoms with van der Waals surface area (Å²) in [5.41, 5.74) is 1.81. The smallest absolute Gasteiger partial charge is 0.285 e. The normalized spacial score (nSPS) is 18.2. The Morgan fingerprint density at radius 2 is 1.69 bits per heavy atom. The van der Waals surface area contributed by atoms with Crippen molar-refractivity contribution in [1.82, 2.24) is 5.32 Å². The van der Waals surface area contributed by atoms with Gasteiger partial charge in [0, 0.05) is 22.9 Å². The number of nitrogens with one attached hydrogen (secondary N) is 2. The zero-order valence-corrected chi connectivity index (χ0v) is 14.9. The highest BCUT2D eigenvalue weighted by molar-refractivity contribution is 7.90. The van der Waals surface area contributed by atoms with E-state index in [0.717, 1.165) is 12.8 Å². The number of hydrogen-bond acceptors (Lipinski definition) is 4. The van der Waals surface area contributed by atoms with E-state index in [-0.39, 0.29) is 16.8 Å². The summed E-state index contributed by atoms with van der Waals surface area (Å²) in [7, 11) is -3.65. The van der Waals surface area contributed by atoms with Crippen molar-refractivity contribution in [2.75, 3.05) is 5.32 Å². The fraction of sp³-hybridized carbons (Fsp3) is 0.263. The number of carbonyl (C=O) groups is 1. The Bertz CT molecular complexity index is 975. The average Bonchev–Trinajstić information content (AvgIpc) is 3.22. The molecular weight excluding hydrogens is 350 g/mol. The maximum absolute atomic E-state index is 12.3. The van der Waals surface area contributed by atoms with Crippen LogP contribution in [-0.2, 0) is 10.0 Å². The molecule has 0 unspecified atom stereocenters. The van der Waals surface area contributed by atoms with Gasteiger partial charge < -0.3 is 10.6 Å². The molecule has 0 aromatic heterocycles. The molecule has 7 heteroatoms. The monoisotopic (exact) mass is 369 g/mol. The Balaban J connectivity index is 1.49. The lowest BCUT2D eigenvalue weighted by Crippen LogP contribution is -2.32. The Kier molecular flexibility index (Phi) is 4.24. The molecule has 134 valence electrons. The van der Waals surface area contributed by atoms with Crippen LogP contribution in [-0.4, -0.2) is 26.2 Å². The summed E-state index contributed by atoms with van der Waals surface area (Å²) < 4.78 is 28.0. The van der Waals surface area contributed by atoms with Gasteiger partial charge in [-0.2, -0.15) is 8.42 Å². The topological polar surface area (TPSA) is 87.6 Å². The molecule has 2 aromatic rings.